The fourth-order valence-corrected chi connectivity index (χ4v) is 2.55. The van der Waals surface area contributed by atoms with Crippen molar-refractivity contribution in [2.75, 3.05) is 11.9 Å². The molecule has 1 aromatic carbocycles. The van der Waals surface area contributed by atoms with Crippen molar-refractivity contribution in [2.24, 2.45) is 5.41 Å². The van der Waals surface area contributed by atoms with Gasteiger partial charge in [-0.1, -0.05) is 53.0 Å². The predicted molar refractivity (Wildman–Crippen MR) is 85.6 cm³/mol. The van der Waals surface area contributed by atoms with Gasteiger partial charge in [0.25, 0.3) is 5.91 Å². The van der Waals surface area contributed by atoms with E-state index < -0.39 is 0 Å². The van der Waals surface area contributed by atoms with Crippen LogP contribution in [0.5, 0.6) is 0 Å². The molecule has 0 saturated heterocycles. The zero-order chi connectivity index (χ0) is 14.5. The molecular weight excluding hydrogens is 349 g/mol. The smallest absolute Gasteiger partial charge is 0.251 e. The Balaban J connectivity index is 2.60. The number of benzene rings is 1. The molecule has 5 heteroatoms. The van der Waals surface area contributed by atoms with Crippen LogP contribution in [0.15, 0.2) is 18.2 Å². The summed E-state index contributed by atoms with van der Waals surface area (Å²) in [5.74, 6) is -0.142. The van der Waals surface area contributed by atoms with Gasteiger partial charge in [0.1, 0.15) is 0 Å². The van der Waals surface area contributed by atoms with E-state index >= 15 is 0 Å². The van der Waals surface area contributed by atoms with Gasteiger partial charge in [0.05, 0.1) is 0 Å². The van der Waals surface area contributed by atoms with E-state index in [4.69, 9.17) is 23.2 Å². The number of rotatable bonds is 6. The minimum Gasteiger partial charge on any atom is -0.352 e. The highest BCUT2D eigenvalue weighted by Gasteiger charge is 2.19. The average Bonchev–Trinajstić information content (AvgIpc) is 2.32. The van der Waals surface area contributed by atoms with E-state index in [9.17, 15) is 4.79 Å². The standard InChI is InChI=1S/C14H18BrCl2NO/c1-14(2,4-3-5-15)9-18-13(19)10-6-11(16)8-12(17)7-10/h6-8H,3-5,9H2,1-2H3,(H,18,19). The number of halogens is 3. The van der Waals surface area contributed by atoms with Crippen molar-refractivity contribution < 1.29 is 4.79 Å². The minimum atomic E-state index is -0.142. The topological polar surface area (TPSA) is 29.1 Å². The van der Waals surface area contributed by atoms with Crippen LogP contribution in [-0.2, 0) is 0 Å². The first-order chi connectivity index (χ1) is 8.84. The normalized spacial score (nSPS) is 11.4. The quantitative estimate of drug-likeness (QED) is 0.711. The molecule has 19 heavy (non-hydrogen) atoms. The Bertz CT molecular complexity index is 429. The number of carbonyl (C=O) groups is 1. The van der Waals surface area contributed by atoms with Crippen LogP contribution in [0, 0.1) is 5.41 Å². The first kappa shape index (κ1) is 16.8. The molecule has 0 fully saturated rings. The van der Waals surface area contributed by atoms with Gasteiger partial charge in [0, 0.05) is 27.5 Å². The maximum absolute atomic E-state index is 12.0. The molecule has 0 atom stereocenters. The second-order valence-electron chi connectivity index (χ2n) is 5.30. The summed E-state index contributed by atoms with van der Waals surface area (Å²) in [5, 5.41) is 4.85. The third kappa shape index (κ3) is 6.15. The first-order valence-corrected chi connectivity index (χ1v) is 8.02. The molecule has 0 aromatic heterocycles. The molecule has 0 spiro atoms. The van der Waals surface area contributed by atoms with E-state index in [1.807, 2.05) is 0 Å². The summed E-state index contributed by atoms with van der Waals surface area (Å²) in [7, 11) is 0. The molecule has 0 aliphatic carbocycles. The molecule has 1 rings (SSSR count). The summed E-state index contributed by atoms with van der Waals surface area (Å²) in [4.78, 5) is 12.0. The zero-order valence-corrected chi connectivity index (χ0v) is 14.2. The van der Waals surface area contributed by atoms with Crippen LogP contribution in [0.2, 0.25) is 10.0 Å². The van der Waals surface area contributed by atoms with Crippen molar-refractivity contribution >= 4 is 45.0 Å². The molecule has 2 nitrogen and oxygen atoms in total. The van der Waals surface area contributed by atoms with Gasteiger partial charge in [0.15, 0.2) is 0 Å². The van der Waals surface area contributed by atoms with Crippen LogP contribution in [0.25, 0.3) is 0 Å². The van der Waals surface area contributed by atoms with Crippen molar-refractivity contribution in [1.29, 1.82) is 0 Å². The number of amides is 1. The average molecular weight is 367 g/mol. The Morgan fingerprint density at radius 1 is 1.26 bits per heavy atom. The SMILES string of the molecule is CC(C)(CCCBr)CNC(=O)c1cc(Cl)cc(Cl)c1. The zero-order valence-electron chi connectivity index (χ0n) is 11.1. The van der Waals surface area contributed by atoms with Gasteiger partial charge in [-0.05, 0) is 36.5 Å². The lowest BCUT2D eigenvalue weighted by molar-refractivity contribution is 0.0934. The van der Waals surface area contributed by atoms with Crippen LogP contribution in [-0.4, -0.2) is 17.8 Å². The summed E-state index contributed by atoms with van der Waals surface area (Å²) >= 11 is 15.2. The van der Waals surface area contributed by atoms with Crippen LogP contribution >= 0.6 is 39.1 Å². The van der Waals surface area contributed by atoms with Crippen LogP contribution < -0.4 is 5.32 Å². The molecule has 1 aromatic rings. The first-order valence-electron chi connectivity index (χ1n) is 6.14. The highest BCUT2D eigenvalue weighted by Crippen LogP contribution is 2.22. The van der Waals surface area contributed by atoms with E-state index in [0.717, 1.165) is 18.2 Å². The molecule has 0 radical (unpaired) electrons. The van der Waals surface area contributed by atoms with Crippen LogP contribution in [0.4, 0.5) is 0 Å². The Labute approximate surface area is 133 Å². The number of carbonyl (C=O) groups excluding carboxylic acids is 1. The van der Waals surface area contributed by atoms with Gasteiger partial charge < -0.3 is 5.32 Å². The maximum Gasteiger partial charge on any atom is 0.251 e. The van der Waals surface area contributed by atoms with Gasteiger partial charge in [-0.25, -0.2) is 0 Å². The maximum atomic E-state index is 12.0. The number of alkyl halides is 1. The highest BCUT2D eigenvalue weighted by molar-refractivity contribution is 9.09. The Morgan fingerprint density at radius 2 is 1.84 bits per heavy atom. The van der Waals surface area contributed by atoms with Crippen molar-refractivity contribution in [3.05, 3.63) is 33.8 Å². The fourth-order valence-electron chi connectivity index (χ4n) is 1.74. The van der Waals surface area contributed by atoms with Crippen molar-refractivity contribution in [3.63, 3.8) is 0 Å². The Morgan fingerprint density at radius 3 is 2.37 bits per heavy atom. The van der Waals surface area contributed by atoms with Crippen LogP contribution in [0.1, 0.15) is 37.0 Å². The van der Waals surface area contributed by atoms with E-state index in [2.05, 4.69) is 35.1 Å². The predicted octanol–water partition coefficient (Wildman–Crippen LogP) is 4.92. The summed E-state index contributed by atoms with van der Waals surface area (Å²) in [6.45, 7) is 4.91. The molecule has 0 saturated carbocycles. The molecule has 1 amide bonds. The van der Waals surface area contributed by atoms with E-state index in [1.165, 1.54) is 0 Å². The number of hydrogen-bond acceptors (Lipinski definition) is 1. The van der Waals surface area contributed by atoms with E-state index in [1.54, 1.807) is 18.2 Å². The van der Waals surface area contributed by atoms with Gasteiger partial charge in [-0.15, -0.1) is 0 Å². The minimum absolute atomic E-state index is 0.0752. The highest BCUT2D eigenvalue weighted by atomic mass is 79.9. The third-order valence-electron chi connectivity index (χ3n) is 2.84. The second-order valence-corrected chi connectivity index (χ2v) is 6.96. The summed E-state index contributed by atoms with van der Waals surface area (Å²) in [5.41, 5.74) is 0.569. The summed E-state index contributed by atoms with van der Waals surface area (Å²) in [6.07, 6.45) is 2.14. The van der Waals surface area contributed by atoms with Gasteiger partial charge in [-0.3, -0.25) is 4.79 Å². The molecule has 0 aliphatic rings. The van der Waals surface area contributed by atoms with Gasteiger partial charge in [0.2, 0.25) is 0 Å². The monoisotopic (exact) mass is 365 g/mol. The fraction of sp³-hybridized carbons (Fsp3) is 0.500. The number of nitrogens with one attached hydrogen (secondary N) is 1. The lowest BCUT2D eigenvalue weighted by Gasteiger charge is -2.24. The Kier molecular flexibility index (Phi) is 6.64. The summed E-state index contributed by atoms with van der Waals surface area (Å²) in [6, 6.07) is 4.85. The van der Waals surface area contributed by atoms with Gasteiger partial charge in [-0.2, -0.15) is 0 Å². The van der Waals surface area contributed by atoms with Crippen molar-refractivity contribution in [1.82, 2.24) is 5.32 Å². The molecule has 0 bridgehead atoms. The lowest BCUT2D eigenvalue weighted by Crippen LogP contribution is -2.34. The molecule has 106 valence electrons. The summed E-state index contributed by atoms with van der Waals surface area (Å²) < 4.78 is 0. The largest absolute Gasteiger partial charge is 0.352 e. The molecule has 0 heterocycles. The molecule has 0 aliphatic heterocycles. The van der Waals surface area contributed by atoms with Crippen molar-refractivity contribution in [3.8, 4) is 0 Å². The lowest BCUT2D eigenvalue weighted by atomic mass is 9.88. The van der Waals surface area contributed by atoms with E-state index in [-0.39, 0.29) is 11.3 Å². The van der Waals surface area contributed by atoms with E-state index in [0.29, 0.717) is 22.2 Å². The number of hydrogen-bond donors (Lipinski definition) is 1. The van der Waals surface area contributed by atoms with Gasteiger partial charge >= 0.3 is 0 Å². The van der Waals surface area contributed by atoms with Crippen molar-refractivity contribution in [2.45, 2.75) is 26.7 Å². The Hall–Kier alpha value is -0.250. The molecule has 0 unspecified atom stereocenters. The van der Waals surface area contributed by atoms with Crippen LogP contribution in [0.3, 0.4) is 0 Å². The second kappa shape index (κ2) is 7.51. The third-order valence-corrected chi connectivity index (χ3v) is 3.84. The molecular formula is C14H18BrCl2NO. The molecule has 1 N–H and O–H groups in total.